The summed E-state index contributed by atoms with van der Waals surface area (Å²) in [7, 11) is 1.56. The van der Waals surface area contributed by atoms with Gasteiger partial charge in [-0.15, -0.1) is 0 Å². The molecule has 3 saturated heterocycles. The van der Waals surface area contributed by atoms with Crippen molar-refractivity contribution in [3.63, 3.8) is 0 Å². The summed E-state index contributed by atoms with van der Waals surface area (Å²) in [6.07, 6.45) is -1.22. The number of carbonyl (C=O) groups excluding carboxylic acids is 3. The third-order valence-electron chi connectivity index (χ3n) is 12.6. The van der Waals surface area contributed by atoms with Gasteiger partial charge in [0, 0.05) is 25.4 Å². The van der Waals surface area contributed by atoms with E-state index >= 15 is 0 Å². The van der Waals surface area contributed by atoms with Gasteiger partial charge in [-0.3, -0.25) is 9.59 Å². The van der Waals surface area contributed by atoms with Gasteiger partial charge in [0.25, 0.3) is 0 Å². The molecule has 0 bridgehead atoms. The number of esters is 1. The Morgan fingerprint density at radius 1 is 1.12 bits per heavy atom. The highest BCUT2D eigenvalue weighted by Gasteiger charge is 2.57. The SMILES string of the molecule is CC[C@@H](C(=O)[C@](C)(O)[C@@H]1CC[C@@](CC)([C@H]2CC[C@](O)([C@@H](C)OC)[C@H](C)O2)O1)[C@H](O)[C@@H](C)[C@H]1O[C@H](CC(=O)C2=C(O)/C(=C/Cl)OC2=O)[C@H](C)C[C@H]1C. The minimum Gasteiger partial charge on any atom is -0.504 e. The van der Waals surface area contributed by atoms with Gasteiger partial charge in [-0.1, -0.05) is 46.2 Å². The third-order valence-corrected chi connectivity index (χ3v) is 12.8. The van der Waals surface area contributed by atoms with E-state index in [4.69, 9.17) is 35.3 Å². The molecule has 14 atom stereocenters. The van der Waals surface area contributed by atoms with Crippen molar-refractivity contribution < 1.29 is 58.5 Å². The predicted octanol–water partition coefficient (Wildman–Crippen LogP) is 4.83. The normalized spacial score (nSPS) is 39.0. The number of rotatable bonds is 14. The van der Waals surface area contributed by atoms with Gasteiger partial charge in [0.15, 0.2) is 23.1 Å². The molecular formula is C38H59ClO12. The smallest absolute Gasteiger partial charge is 0.351 e. The van der Waals surface area contributed by atoms with Crippen LogP contribution in [0.1, 0.15) is 107 Å². The number of hydrogen-bond acceptors (Lipinski definition) is 12. The maximum atomic E-state index is 14.2. The van der Waals surface area contributed by atoms with Gasteiger partial charge in [-0.2, -0.15) is 0 Å². The lowest BCUT2D eigenvalue weighted by Crippen LogP contribution is -2.60. The molecule has 0 radical (unpaired) electrons. The van der Waals surface area contributed by atoms with E-state index in [9.17, 15) is 34.8 Å². The number of cyclic esters (lactones) is 1. The molecule has 0 saturated carbocycles. The van der Waals surface area contributed by atoms with E-state index in [-0.39, 0.29) is 36.5 Å². The molecule has 4 aliphatic heterocycles. The molecular weight excluding hydrogens is 684 g/mol. The van der Waals surface area contributed by atoms with Crippen LogP contribution in [0.3, 0.4) is 0 Å². The number of Topliss-reactive ketones (excluding diaryl/α,β-unsaturated/α-hetero) is 2. The van der Waals surface area contributed by atoms with E-state index < -0.39 is 94.1 Å². The second-order valence-electron chi connectivity index (χ2n) is 15.7. The first-order chi connectivity index (χ1) is 23.8. The minimum atomic E-state index is -1.91. The van der Waals surface area contributed by atoms with Crippen LogP contribution in [0.2, 0.25) is 0 Å². The van der Waals surface area contributed by atoms with Crippen LogP contribution < -0.4 is 0 Å². The monoisotopic (exact) mass is 742 g/mol. The Morgan fingerprint density at radius 3 is 2.33 bits per heavy atom. The number of aliphatic hydroxyl groups excluding tert-OH is 2. The number of halogens is 1. The fourth-order valence-electron chi connectivity index (χ4n) is 8.95. The van der Waals surface area contributed by atoms with E-state index in [1.807, 2.05) is 34.6 Å². The molecule has 4 aliphatic rings. The fraction of sp³-hybridized carbons (Fsp3) is 0.816. The highest BCUT2D eigenvalue weighted by atomic mass is 35.5. The zero-order valence-electron chi connectivity index (χ0n) is 31.5. The molecule has 0 aromatic carbocycles. The fourth-order valence-corrected chi connectivity index (χ4v) is 9.10. The molecule has 0 unspecified atom stereocenters. The van der Waals surface area contributed by atoms with Crippen molar-refractivity contribution in [2.75, 3.05) is 7.11 Å². The van der Waals surface area contributed by atoms with Crippen LogP contribution in [-0.4, -0.2) is 105 Å². The molecule has 0 spiro atoms. The van der Waals surface area contributed by atoms with E-state index in [2.05, 4.69) is 0 Å². The van der Waals surface area contributed by atoms with Crippen molar-refractivity contribution in [1.29, 1.82) is 0 Å². The van der Waals surface area contributed by atoms with E-state index in [0.717, 1.165) is 5.54 Å². The summed E-state index contributed by atoms with van der Waals surface area (Å²) in [5.74, 6) is -4.65. The van der Waals surface area contributed by atoms with Gasteiger partial charge in [0.05, 0.1) is 53.9 Å². The van der Waals surface area contributed by atoms with Gasteiger partial charge in [-0.05, 0) is 77.6 Å². The third kappa shape index (κ3) is 7.85. The molecule has 51 heavy (non-hydrogen) atoms. The molecule has 0 aromatic heterocycles. The topological polar surface area (TPSA) is 178 Å². The van der Waals surface area contributed by atoms with E-state index in [0.29, 0.717) is 38.5 Å². The van der Waals surface area contributed by atoms with Gasteiger partial charge >= 0.3 is 5.97 Å². The average Bonchev–Trinajstić information content (AvgIpc) is 3.67. The predicted molar refractivity (Wildman–Crippen MR) is 188 cm³/mol. The summed E-state index contributed by atoms with van der Waals surface area (Å²) in [5.41, 5.74) is -3.41. The van der Waals surface area contributed by atoms with Gasteiger partial charge in [-0.25, -0.2) is 4.79 Å². The Bertz CT molecular complexity index is 1360. The molecule has 4 rings (SSSR count). The first-order valence-corrected chi connectivity index (χ1v) is 18.9. The number of aliphatic hydroxyl groups is 4. The van der Waals surface area contributed by atoms with Gasteiger partial charge in [0.2, 0.25) is 0 Å². The highest BCUT2D eigenvalue weighted by Crippen LogP contribution is 2.47. The Kier molecular flexibility index (Phi) is 13.3. The van der Waals surface area contributed by atoms with Crippen LogP contribution in [0.25, 0.3) is 0 Å². The summed E-state index contributed by atoms with van der Waals surface area (Å²) in [6, 6.07) is 0. The van der Waals surface area contributed by atoms with Gasteiger partial charge < -0.3 is 44.1 Å². The molecule has 4 heterocycles. The Morgan fingerprint density at radius 2 is 1.78 bits per heavy atom. The minimum absolute atomic E-state index is 0.0373. The highest BCUT2D eigenvalue weighted by molar-refractivity contribution is 6.27. The summed E-state index contributed by atoms with van der Waals surface area (Å²) >= 11 is 5.60. The summed E-state index contributed by atoms with van der Waals surface area (Å²) in [5, 5.41) is 45.2. The molecule has 0 aliphatic carbocycles. The first kappa shape index (κ1) is 41.9. The largest absolute Gasteiger partial charge is 0.504 e. The summed E-state index contributed by atoms with van der Waals surface area (Å²) in [4.78, 5) is 39.6. The molecule has 3 fully saturated rings. The van der Waals surface area contributed by atoms with Crippen molar-refractivity contribution in [2.45, 2.75) is 166 Å². The zero-order valence-corrected chi connectivity index (χ0v) is 32.3. The maximum Gasteiger partial charge on any atom is 0.351 e. The van der Waals surface area contributed by atoms with Crippen LogP contribution in [0.4, 0.5) is 0 Å². The van der Waals surface area contributed by atoms with Crippen LogP contribution in [0.5, 0.6) is 0 Å². The van der Waals surface area contributed by atoms with Crippen LogP contribution in [0.15, 0.2) is 22.6 Å². The molecule has 13 heteroatoms. The molecule has 4 N–H and O–H groups in total. The average molecular weight is 743 g/mol. The van der Waals surface area contributed by atoms with Crippen LogP contribution in [-0.2, 0) is 38.1 Å². The number of ketones is 2. The van der Waals surface area contributed by atoms with E-state index in [1.54, 1.807) is 21.0 Å². The van der Waals surface area contributed by atoms with Crippen molar-refractivity contribution >= 4 is 29.1 Å². The van der Waals surface area contributed by atoms with Crippen LogP contribution in [0, 0.1) is 23.7 Å². The number of carbonyl (C=O) groups is 3. The zero-order chi connectivity index (χ0) is 38.2. The molecule has 290 valence electrons. The maximum absolute atomic E-state index is 14.2. The second kappa shape index (κ2) is 16.2. The lowest BCUT2D eigenvalue weighted by molar-refractivity contribution is -0.255. The van der Waals surface area contributed by atoms with E-state index in [1.165, 1.54) is 6.92 Å². The van der Waals surface area contributed by atoms with Gasteiger partial charge in [0.1, 0.15) is 16.8 Å². The molecule has 0 amide bonds. The molecule has 0 aromatic rings. The summed E-state index contributed by atoms with van der Waals surface area (Å²) < 4.78 is 29.7. The second-order valence-corrected chi connectivity index (χ2v) is 15.9. The summed E-state index contributed by atoms with van der Waals surface area (Å²) in [6.45, 7) is 14.6. The Balaban J connectivity index is 1.45. The van der Waals surface area contributed by atoms with Crippen molar-refractivity contribution in [2.24, 2.45) is 23.7 Å². The Hall–Kier alpha value is -1.90. The van der Waals surface area contributed by atoms with Crippen molar-refractivity contribution in [3.05, 3.63) is 22.6 Å². The van der Waals surface area contributed by atoms with Crippen LogP contribution >= 0.6 is 11.6 Å². The van der Waals surface area contributed by atoms with Crippen molar-refractivity contribution in [3.8, 4) is 0 Å². The number of methoxy groups -OCH3 is 1. The number of hydrogen-bond donors (Lipinski definition) is 4. The number of ether oxygens (including phenoxy) is 5. The Labute approximate surface area is 306 Å². The van der Waals surface area contributed by atoms with Crippen molar-refractivity contribution in [1.82, 2.24) is 0 Å². The lowest BCUT2D eigenvalue weighted by atomic mass is 9.73. The first-order valence-electron chi connectivity index (χ1n) is 18.5. The standard InChI is InChI=1S/C38H59ClO12/c1-10-24(31(41)21(5)33-20(4)16-19(3)26(49-33)17-25(40)30-32(42)27(18-39)50-35(30)44)34(43)36(8,45)28-12-14-37(11-2,51-28)29-13-15-38(46,22(6)47-9)23(7)48-29/h18-24,26,28-29,31,33,41-42,45-46H,10-17H2,1-9H3/b27-18-/t19-,20-,21-,22-,23+,24-,26-,28+,29-,31-,33+,36-,37+,38+/m1/s1. The quantitative estimate of drug-likeness (QED) is 0.141. The molecule has 12 nitrogen and oxygen atoms in total. The lowest BCUT2D eigenvalue weighted by Gasteiger charge is -2.49.